The van der Waals surface area contributed by atoms with Gasteiger partial charge in [-0.05, 0) is 42.8 Å². The Morgan fingerprint density at radius 1 is 0.870 bits per heavy atom. The molecule has 0 aliphatic heterocycles. The summed E-state index contributed by atoms with van der Waals surface area (Å²) in [5.74, 6) is 0.396. The minimum atomic E-state index is -0.403. The molecule has 2 rings (SSSR count). The van der Waals surface area contributed by atoms with E-state index in [-0.39, 0.29) is 17.2 Å². The van der Waals surface area contributed by atoms with Crippen LogP contribution in [0.25, 0.3) is 0 Å². The second kappa shape index (κ2) is 8.65. The first-order chi connectivity index (χ1) is 11.0. The van der Waals surface area contributed by atoms with Gasteiger partial charge in [-0.3, -0.25) is 4.79 Å². The number of rotatable bonds is 6. The first-order valence-corrected chi connectivity index (χ1v) is 8.20. The third-order valence-electron chi connectivity index (χ3n) is 2.79. The molecule has 122 valence electrons. The smallest absolute Gasteiger partial charge is 0.311 e. The summed E-state index contributed by atoms with van der Waals surface area (Å²) in [5, 5.41) is 1.72. The van der Waals surface area contributed by atoms with Crippen molar-refractivity contribution in [1.29, 1.82) is 0 Å². The second-order valence-corrected chi connectivity index (χ2v) is 6.26. The Kier molecular flexibility index (Phi) is 6.85. The van der Waals surface area contributed by atoms with Crippen LogP contribution in [-0.4, -0.2) is 12.6 Å². The van der Waals surface area contributed by atoms with E-state index in [1.807, 2.05) is 0 Å². The lowest BCUT2D eigenvalue weighted by atomic mass is 10.3. The van der Waals surface area contributed by atoms with Gasteiger partial charge in [0.2, 0.25) is 0 Å². The van der Waals surface area contributed by atoms with Crippen LogP contribution in [0.5, 0.6) is 11.5 Å². The van der Waals surface area contributed by atoms with Gasteiger partial charge in [-0.25, -0.2) is 0 Å². The minimum absolute atomic E-state index is 0.185. The van der Waals surface area contributed by atoms with E-state index in [1.54, 1.807) is 30.3 Å². The van der Waals surface area contributed by atoms with Crippen molar-refractivity contribution >= 4 is 52.4 Å². The van der Waals surface area contributed by atoms with Crippen LogP contribution >= 0.6 is 46.4 Å². The van der Waals surface area contributed by atoms with Crippen molar-refractivity contribution in [3.05, 3.63) is 56.5 Å². The van der Waals surface area contributed by atoms with Gasteiger partial charge in [0.25, 0.3) is 0 Å². The molecule has 7 heteroatoms. The molecule has 0 aromatic heterocycles. The minimum Gasteiger partial charge on any atom is -0.492 e. The summed E-state index contributed by atoms with van der Waals surface area (Å²) in [6, 6.07) is 9.61. The fourth-order valence-electron chi connectivity index (χ4n) is 1.72. The fraction of sp³-hybridized carbons (Fsp3) is 0.188. The third kappa shape index (κ3) is 5.78. The van der Waals surface area contributed by atoms with Gasteiger partial charge in [-0.2, -0.15) is 0 Å². The Morgan fingerprint density at radius 2 is 1.43 bits per heavy atom. The summed E-state index contributed by atoms with van der Waals surface area (Å²) in [5.41, 5.74) is 0. The number of ether oxygens (including phenoxy) is 2. The van der Waals surface area contributed by atoms with Crippen LogP contribution in [0.2, 0.25) is 20.1 Å². The van der Waals surface area contributed by atoms with E-state index < -0.39 is 5.97 Å². The van der Waals surface area contributed by atoms with Gasteiger partial charge in [-0.1, -0.05) is 46.4 Å². The van der Waals surface area contributed by atoms with Crippen molar-refractivity contribution in [2.24, 2.45) is 0 Å². The average molecular weight is 394 g/mol. The maximum absolute atomic E-state index is 11.8. The standard InChI is InChI=1S/C16H12Cl4O3/c17-10-3-5-14(12(19)8-10)22-7-1-2-16(21)23-15-6-4-11(18)9-13(15)20/h3-6,8-9H,1-2,7H2. The molecule has 2 aromatic rings. The van der Waals surface area contributed by atoms with Gasteiger partial charge in [0.15, 0.2) is 0 Å². The van der Waals surface area contributed by atoms with E-state index in [0.29, 0.717) is 33.8 Å². The first-order valence-electron chi connectivity index (χ1n) is 6.69. The summed E-state index contributed by atoms with van der Waals surface area (Å²) in [7, 11) is 0. The molecular weight excluding hydrogens is 382 g/mol. The predicted octanol–water partition coefficient (Wildman–Crippen LogP) is 6.06. The number of carbonyl (C=O) groups excluding carboxylic acids is 1. The molecule has 0 radical (unpaired) electrons. The van der Waals surface area contributed by atoms with Gasteiger partial charge in [0, 0.05) is 16.5 Å². The summed E-state index contributed by atoms with van der Waals surface area (Å²) in [6.07, 6.45) is 0.660. The molecule has 0 spiro atoms. The van der Waals surface area contributed by atoms with Gasteiger partial charge >= 0.3 is 5.97 Å². The van der Waals surface area contributed by atoms with E-state index in [4.69, 9.17) is 55.9 Å². The molecule has 0 saturated carbocycles. The van der Waals surface area contributed by atoms with Gasteiger partial charge < -0.3 is 9.47 Å². The number of esters is 1. The van der Waals surface area contributed by atoms with Crippen molar-refractivity contribution in [3.63, 3.8) is 0 Å². The Morgan fingerprint density at radius 3 is 2.00 bits per heavy atom. The van der Waals surface area contributed by atoms with Crippen LogP contribution in [0.4, 0.5) is 0 Å². The predicted molar refractivity (Wildman–Crippen MR) is 93.3 cm³/mol. The zero-order valence-corrected chi connectivity index (χ0v) is 14.8. The monoisotopic (exact) mass is 392 g/mol. The van der Waals surface area contributed by atoms with Crippen LogP contribution in [0.15, 0.2) is 36.4 Å². The SMILES string of the molecule is O=C(CCCOc1ccc(Cl)cc1Cl)Oc1ccc(Cl)cc1Cl. The molecule has 0 fully saturated rings. The lowest BCUT2D eigenvalue weighted by Gasteiger charge is -2.09. The summed E-state index contributed by atoms with van der Waals surface area (Å²) >= 11 is 23.5. The Hall–Kier alpha value is -1.13. The molecule has 0 atom stereocenters. The highest BCUT2D eigenvalue weighted by molar-refractivity contribution is 6.36. The number of carbonyl (C=O) groups is 1. The Bertz CT molecular complexity index is 704. The second-order valence-electron chi connectivity index (χ2n) is 4.58. The van der Waals surface area contributed by atoms with E-state index in [2.05, 4.69) is 0 Å². The fourth-order valence-corrected chi connectivity index (χ4v) is 2.63. The lowest BCUT2D eigenvalue weighted by Crippen LogP contribution is -2.10. The average Bonchev–Trinajstić information content (AvgIpc) is 2.48. The van der Waals surface area contributed by atoms with E-state index in [9.17, 15) is 4.79 Å². The van der Waals surface area contributed by atoms with Crippen molar-refractivity contribution in [2.75, 3.05) is 6.61 Å². The molecule has 0 heterocycles. The van der Waals surface area contributed by atoms with Crippen molar-refractivity contribution in [2.45, 2.75) is 12.8 Å². The molecule has 0 aliphatic carbocycles. The number of halogens is 4. The number of hydrogen-bond acceptors (Lipinski definition) is 3. The lowest BCUT2D eigenvalue weighted by molar-refractivity contribution is -0.134. The maximum Gasteiger partial charge on any atom is 0.311 e. The van der Waals surface area contributed by atoms with Crippen LogP contribution in [0.1, 0.15) is 12.8 Å². The molecule has 0 saturated heterocycles. The first kappa shape index (κ1) is 18.2. The Labute approximate surface area is 154 Å². The summed E-state index contributed by atoms with van der Waals surface area (Å²) < 4.78 is 10.7. The molecule has 3 nitrogen and oxygen atoms in total. The van der Waals surface area contributed by atoms with Crippen LogP contribution in [0.3, 0.4) is 0 Å². The van der Waals surface area contributed by atoms with Crippen LogP contribution in [-0.2, 0) is 4.79 Å². The molecule has 0 bridgehead atoms. The van der Waals surface area contributed by atoms with Gasteiger partial charge in [0.1, 0.15) is 11.5 Å². The molecular formula is C16H12Cl4O3. The van der Waals surface area contributed by atoms with E-state index >= 15 is 0 Å². The van der Waals surface area contributed by atoms with Crippen LogP contribution in [0, 0.1) is 0 Å². The third-order valence-corrected chi connectivity index (χ3v) is 3.86. The highest BCUT2D eigenvalue weighted by Gasteiger charge is 2.09. The highest BCUT2D eigenvalue weighted by Crippen LogP contribution is 2.29. The van der Waals surface area contributed by atoms with Crippen molar-refractivity contribution < 1.29 is 14.3 Å². The Balaban J connectivity index is 1.76. The number of hydrogen-bond donors (Lipinski definition) is 0. The van der Waals surface area contributed by atoms with Crippen LogP contribution < -0.4 is 9.47 Å². The highest BCUT2D eigenvalue weighted by atomic mass is 35.5. The molecule has 0 amide bonds. The largest absolute Gasteiger partial charge is 0.492 e. The number of benzene rings is 2. The molecule has 2 aromatic carbocycles. The quantitative estimate of drug-likeness (QED) is 0.339. The van der Waals surface area contributed by atoms with Gasteiger partial charge in [0.05, 0.1) is 16.7 Å². The summed E-state index contributed by atoms with van der Waals surface area (Å²) in [4.78, 5) is 11.8. The van der Waals surface area contributed by atoms with E-state index in [1.165, 1.54) is 6.07 Å². The summed E-state index contributed by atoms with van der Waals surface area (Å²) in [6.45, 7) is 0.324. The topological polar surface area (TPSA) is 35.5 Å². The van der Waals surface area contributed by atoms with Gasteiger partial charge in [-0.15, -0.1) is 0 Å². The molecule has 23 heavy (non-hydrogen) atoms. The van der Waals surface area contributed by atoms with Crippen molar-refractivity contribution in [1.82, 2.24) is 0 Å². The van der Waals surface area contributed by atoms with Crippen molar-refractivity contribution in [3.8, 4) is 11.5 Å². The molecule has 0 aliphatic rings. The molecule has 0 N–H and O–H groups in total. The normalized spacial score (nSPS) is 10.4. The molecule has 0 unspecified atom stereocenters. The zero-order valence-electron chi connectivity index (χ0n) is 11.8. The zero-order chi connectivity index (χ0) is 16.8. The van der Waals surface area contributed by atoms with E-state index in [0.717, 1.165) is 0 Å². The maximum atomic E-state index is 11.8.